The molecule has 23 heavy (non-hydrogen) atoms. The summed E-state index contributed by atoms with van der Waals surface area (Å²) in [6, 6.07) is 9.03. The first-order valence-electron chi connectivity index (χ1n) is 6.99. The first-order valence-corrected chi connectivity index (χ1v) is 6.99. The van der Waals surface area contributed by atoms with Crippen molar-refractivity contribution in [3.05, 3.63) is 48.3 Å². The number of likely N-dealkylation sites (tertiary alicyclic amines) is 1. The molecular weight excluding hydrogens is 311 g/mol. The first kappa shape index (κ1) is 15.5. The predicted octanol–water partition coefficient (Wildman–Crippen LogP) is 2.01. The van der Waals surface area contributed by atoms with Gasteiger partial charge in [0.25, 0.3) is 5.91 Å². The van der Waals surface area contributed by atoms with E-state index in [-0.39, 0.29) is 12.1 Å². The fourth-order valence-corrected chi connectivity index (χ4v) is 2.54. The molecule has 0 aliphatic carbocycles. The fraction of sp³-hybridized carbons (Fsp3) is 0.333. The normalized spacial score (nSPS) is 21.7. The number of benzene rings is 1. The second-order valence-corrected chi connectivity index (χ2v) is 5.52. The number of nitrogens with zero attached hydrogens (tertiary/aromatic N) is 3. The van der Waals surface area contributed by atoms with Crippen LogP contribution in [-0.2, 0) is 0 Å². The molecule has 122 valence electrons. The Hall–Kier alpha value is -2.35. The van der Waals surface area contributed by atoms with E-state index in [2.05, 4.69) is 5.10 Å². The smallest absolute Gasteiger partial charge is 0.379 e. The van der Waals surface area contributed by atoms with Gasteiger partial charge < -0.3 is 10.0 Å². The Morgan fingerprint density at radius 2 is 1.96 bits per heavy atom. The lowest BCUT2D eigenvalue weighted by Gasteiger charge is -2.25. The van der Waals surface area contributed by atoms with E-state index in [4.69, 9.17) is 0 Å². The number of hydrogen-bond acceptors (Lipinski definition) is 3. The van der Waals surface area contributed by atoms with Crippen LogP contribution in [0.1, 0.15) is 16.8 Å². The number of β-amino-alcohol motifs (C(OH)–C–C–N with tert-alkyl or cyclic N) is 1. The maximum Gasteiger partial charge on any atom is 0.419 e. The zero-order chi connectivity index (χ0) is 16.7. The van der Waals surface area contributed by atoms with Crippen molar-refractivity contribution in [2.24, 2.45) is 0 Å². The molecule has 1 unspecified atom stereocenters. The van der Waals surface area contributed by atoms with Gasteiger partial charge in [-0.15, -0.1) is 0 Å². The van der Waals surface area contributed by atoms with Crippen LogP contribution in [0, 0.1) is 0 Å². The molecule has 2 heterocycles. The van der Waals surface area contributed by atoms with Crippen LogP contribution in [0.2, 0.25) is 0 Å². The van der Waals surface area contributed by atoms with E-state index in [1.165, 1.54) is 17.1 Å². The van der Waals surface area contributed by atoms with Crippen LogP contribution in [0.3, 0.4) is 0 Å². The highest BCUT2D eigenvalue weighted by atomic mass is 19.4. The van der Waals surface area contributed by atoms with Gasteiger partial charge >= 0.3 is 6.18 Å². The van der Waals surface area contributed by atoms with Crippen LogP contribution in [0.25, 0.3) is 5.69 Å². The zero-order valence-corrected chi connectivity index (χ0v) is 12.0. The van der Waals surface area contributed by atoms with Crippen LogP contribution in [0.5, 0.6) is 0 Å². The molecule has 1 aliphatic rings. The van der Waals surface area contributed by atoms with Gasteiger partial charge in [-0.2, -0.15) is 18.3 Å². The number of halogens is 3. The lowest BCUT2D eigenvalue weighted by molar-refractivity contribution is -0.253. The van der Waals surface area contributed by atoms with Gasteiger partial charge in [-0.25, -0.2) is 4.68 Å². The largest absolute Gasteiger partial charge is 0.419 e. The summed E-state index contributed by atoms with van der Waals surface area (Å²) >= 11 is 0. The maximum atomic E-state index is 12.8. The number of rotatable bonds is 2. The molecule has 1 N–H and O–H groups in total. The lowest BCUT2D eigenvalue weighted by Crippen LogP contribution is -2.48. The van der Waals surface area contributed by atoms with Crippen LogP contribution in [-0.4, -0.2) is 50.6 Å². The van der Waals surface area contributed by atoms with E-state index in [1.807, 2.05) is 18.2 Å². The molecular formula is C15H14F3N3O2. The summed E-state index contributed by atoms with van der Waals surface area (Å²) in [5.41, 5.74) is -1.92. The molecule has 0 radical (unpaired) electrons. The second kappa shape index (κ2) is 5.38. The molecule has 1 amide bonds. The predicted molar refractivity (Wildman–Crippen MR) is 75.1 cm³/mol. The Morgan fingerprint density at radius 3 is 2.57 bits per heavy atom. The summed E-state index contributed by atoms with van der Waals surface area (Å²) in [5.74, 6) is -0.577. The average Bonchev–Trinajstić information content (AvgIpc) is 3.14. The minimum Gasteiger partial charge on any atom is -0.379 e. The summed E-state index contributed by atoms with van der Waals surface area (Å²) in [6.45, 7) is -0.906. The second-order valence-electron chi connectivity index (χ2n) is 5.52. The van der Waals surface area contributed by atoms with Crippen LogP contribution in [0.15, 0.2) is 42.7 Å². The minimum atomic E-state index is -4.75. The molecule has 8 heteroatoms. The zero-order valence-electron chi connectivity index (χ0n) is 12.0. The van der Waals surface area contributed by atoms with Gasteiger partial charge in [0.05, 0.1) is 24.0 Å². The fourth-order valence-electron chi connectivity index (χ4n) is 2.54. The third-order valence-corrected chi connectivity index (χ3v) is 3.91. The number of carbonyl (C=O) groups excluding carboxylic acids is 1. The Morgan fingerprint density at radius 1 is 1.26 bits per heavy atom. The van der Waals surface area contributed by atoms with Crippen molar-refractivity contribution >= 4 is 5.91 Å². The van der Waals surface area contributed by atoms with Crippen molar-refractivity contribution in [3.63, 3.8) is 0 Å². The molecule has 0 bridgehead atoms. The highest BCUT2D eigenvalue weighted by Gasteiger charge is 2.57. The number of para-hydroxylation sites is 1. The van der Waals surface area contributed by atoms with E-state index < -0.39 is 30.7 Å². The van der Waals surface area contributed by atoms with E-state index in [9.17, 15) is 23.1 Å². The van der Waals surface area contributed by atoms with Crippen LogP contribution >= 0.6 is 0 Å². The number of aromatic nitrogens is 2. The van der Waals surface area contributed by atoms with E-state index >= 15 is 0 Å². The van der Waals surface area contributed by atoms with Gasteiger partial charge in [-0.05, 0) is 12.1 Å². The Bertz CT molecular complexity index is 714. The lowest BCUT2D eigenvalue weighted by atomic mass is 10.0. The molecule has 1 aromatic carbocycles. The van der Waals surface area contributed by atoms with E-state index in [0.717, 1.165) is 10.6 Å². The molecule has 1 aromatic heterocycles. The standard InChI is InChI=1S/C15H14F3N3O2/c16-15(17,18)14(23)6-7-20(10-14)13(22)11-8-19-21(9-11)12-4-2-1-3-5-12/h1-5,8-9,23H,6-7,10H2. The SMILES string of the molecule is O=C(c1cnn(-c2ccccc2)c1)N1CCC(O)(C(F)(F)F)C1. The Labute approximate surface area is 129 Å². The quantitative estimate of drug-likeness (QED) is 0.919. The van der Waals surface area contributed by atoms with Crippen molar-refractivity contribution in [1.82, 2.24) is 14.7 Å². The molecule has 3 rings (SSSR count). The molecule has 1 fully saturated rings. The number of amides is 1. The molecule has 1 aliphatic heterocycles. The van der Waals surface area contributed by atoms with Crippen molar-refractivity contribution < 1.29 is 23.1 Å². The molecule has 0 saturated carbocycles. The van der Waals surface area contributed by atoms with Crippen LogP contribution < -0.4 is 0 Å². The third kappa shape index (κ3) is 2.81. The summed E-state index contributed by atoms with van der Waals surface area (Å²) in [6.07, 6.45) is -2.51. The van der Waals surface area contributed by atoms with Gasteiger partial charge in [0, 0.05) is 19.2 Å². The molecule has 1 atom stereocenters. The summed E-state index contributed by atoms with van der Waals surface area (Å²) in [4.78, 5) is 13.3. The van der Waals surface area contributed by atoms with Gasteiger partial charge in [-0.1, -0.05) is 18.2 Å². The Balaban J connectivity index is 1.77. The molecule has 1 saturated heterocycles. The van der Waals surface area contributed by atoms with Gasteiger partial charge in [0.2, 0.25) is 0 Å². The van der Waals surface area contributed by atoms with Crippen molar-refractivity contribution in [3.8, 4) is 5.69 Å². The van der Waals surface area contributed by atoms with Crippen molar-refractivity contribution in [2.75, 3.05) is 13.1 Å². The average molecular weight is 325 g/mol. The highest BCUT2D eigenvalue weighted by molar-refractivity contribution is 5.94. The summed E-state index contributed by atoms with van der Waals surface area (Å²) < 4.78 is 39.9. The van der Waals surface area contributed by atoms with Crippen molar-refractivity contribution in [2.45, 2.75) is 18.2 Å². The van der Waals surface area contributed by atoms with Crippen molar-refractivity contribution in [1.29, 1.82) is 0 Å². The summed E-state index contributed by atoms with van der Waals surface area (Å²) in [7, 11) is 0. The van der Waals surface area contributed by atoms with Crippen LogP contribution in [0.4, 0.5) is 13.2 Å². The summed E-state index contributed by atoms with van der Waals surface area (Å²) in [5, 5.41) is 13.7. The van der Waals surface area contributed by atoms with E-state index in [0.29, 0.717) is 0 Å². The number of carbonyl (C=O) groups is 1. The minimum absolute atomic E-state index is 0.147. The molecule has 0 spiro atoms. The third-order valence-electron chi connectivity index (χ3n) is 3.91. The highest BCUT2D eigenvalue weighted by Crippen LogP contribution is 2.37. The maximum absolute atomic E-state index is 12.8. The number of alkyl halides is 3. The number of aliphatic hydroxyl groups is 1. The molecule has 5 nitrogen and oxygen atoms in total. The van der Waals surface area contributed by atoms with Gasteiger partial charge in [0.1, 0.15) is 0 Å². The number of hydrogen-bond donors (Lipinski definition) is 1. The first-order chi connectivity index (χ1) is 10.8. The van der Waals surface area contributed by atoms with E-state index in [1.54, 1.807) is 12.1 Å². The monoisotopic (exact) mass is 325 g/mol. The van der Waals surface area contributed by atoms with Gasteiger partial charge in [-0.3, -0.25) is 4.79 Å². The Kier molecular flexibility index (Phi) is 3.63. The van der Waals surface area contributed by atoms with Gasteiger partial charge in [0.15, 0.2) is 5.60 Å². The topological polar surface area (TPSA) is 58.4 Å². The molecule has 2 aromatic rings.